The highest BCUT2D eigenvalue weighted by Gasteiger charge is 2.34. The molecule has 0 aromatic carbocycles. The molecule has 3 rings (SSSR count). The Balaban J connectivity index is 1.67. The highest BCUT2D eigenvalue weighted by Crippen LogP contribution is 2.31. The Kier molecular flexibility index (Phi) is 3.69. The Hall–Kier alpha value is -1.85. The molecule has 0 bridgehead atoms. The number of carbonyl (C=O) groups is 1. The molecule has 2 heterocycles. The maximum atomic E-state index is 12.1. The summed E-state index contributed by atoms with van der Waals surface area (Å²) in [6, 6.07) is 2.02. The first kappa shape index (κ1) is 14.1. The van der Waals surface area contributed by atoms with Crippen molar-refractivity contribution in [1.82, 2.24) is 14.9 Å². The van der Waals surface area contributed by atoms with E-state index in [-0.39, 0.29) is 0 Å². The molecule has 0 radical (unpaired) electrons. The van der Waals surface area contributed by atoms with Gasteiger partial charge in [-0.15, -0.1) is 0 Å². The molecule has 2 aliphatic rings. The Morgan fingerprint density at radius 1 is 1.19 bits per heavy atom. The summed E-state index contributed by atoms with van der Waals surface area (Å²) in [5.74, 6) is 3.34. The van der Waals surface area contributed by atoms with Gasteiger partial charge in [0.25, 0.3) is 0 Å². The van der Waals surface area contributed by atoms with Crippen LogP contribution in [0.3, 0.4) is 0 Å². The molecular weight excluding hydrogens is 266 g/mol. The fraction of sp³-hybridized carbons (Fsp3) is 0.667. The van der Waals surface area contributed by atoms with Gasteiger partial charge in [-0.3, -0.25) is 4.79 Å². The van der Waals surface area contributed by atoms with Crippen LogP contribution in [0.1, 0.15) is 18.7 Å². The summed E-state index contributed by atoms with van der Waals surface area (Å²) in [5, 5.41) is 0. The number of rotatable bonds is 3. The van der Waals surface area contributed by atoms with Crippen LogP contribution < -0.4 is 9.80 Å². The van der Waals surface area contributed by atoms with Gasteiger partial charge >= 0.3 is 0 Å². The van der Waals surface area contributed by atoms with Gasteiger partial charge in [0.2, 0.25) is 5.91 Å². The fourth-order valence-electron chi connectivity index (χ4n) is 2.67. The van der Waals surface area contributed by atoms with Gasteiger partial charge in [-0.2, -0.15) is 0 Å². The van der Waals surface area contributed by atoms with Crippen LogP contribution in [0.5, 0.6) is 0 Å². The molecule has 114 valence electrons. The van der Waals surface area contributed by atoms with E-state index in [2.05, 4.69) is 14.9 Å². The Bertz CT molecular complexity index is 533. The number of hydrogen-bond donors (Lipinski definition) is 0. The number of amides is 1. The lowest BCUT2D eigenvalue weighted by molar-refractivity contribution is -0.132. The van der Waals surface area contributed by atoms with Crippen LogP contribution in [0.15, 0.2) is 6.07 Å². The van der Waals surface area contributed by atoms with E-state index in [1.54, 1.807) is 0 Å². The van der Waals surface area contributed by atoms with E-state index in [1.807, 2.05) is 36.9 Å². The van der Waals surface area contributed by atoms with Gasteiger partial charge in [0.1, 0.15) is 17.5 Å². The molecule has 0 atom stereocenters. The SMILES string of the molecule is Cc1nc(N(C)C)cc(N2CCN(C(=O)C3CC3)CC2)n1. The molecule has 1 aromatic heterocycles. The normalized spacial score (nSPS) is 18.8. The Morgan fingerprint density at radius 2 is 1.86 bits per heavy atom. The van der Waals surface area contributed by atoms with Crippen molar-refractivity contribution in [3.8, 4) is 0 Å². The predicted molar refractivity (Wildman–Crippen MR) is 82.6 cm³/mol. The minimum Gasteiger partial charge on any atom is -0.363 e. The van der Waals surface area contributed by atoms with Crippen molar-refractivity contribution < 1.29 is 4.79 Å². The molecule has 0 spiro atoms. The molecule has 1 aliphatic heterocycles. The van der Waals surface area contributed by atoms with Crippen LogP contribution in [0.4, 0.5) is 11.6 Å². The third kappa shape index (κ3) is 3.09. The van der Waals surface area contributed by atoms with Gasteiger partial charge in [0.05, 0.1) is 0 Å². The molecule has 0 N–H and O–H groups in total. The molecule has 21 heavy (non-hydrogen) atoms. The van der Waals surface area contributed by atoms with Gasteiger partial charge in [0, 0.05) is 52.3 Å². The van der Waals surface area contributed by atoms with E-state index in [0.29, 0.717) is 11.8 Å². The Morgan fingerprint density at radius 3 is 2.43 bits per heavy atom. The van der Waals surface area contributed by atoms with Crippen LogP contribution in [-0.4, -0.2) is 61.0 Å². The first-order valence-corrected chi connectivity index (χ1v) is 7.61. The van der Waals surface area contributed by atoms with Crippen LogP contribution in [0.2, 0.25) is 0 Å². The summed E-state index contributed by atoms with van der Waals surface area (Å²) in [5.41, 5.74) is 0. The van der Waals surface area contributed by atoms with Gasteiger partial charge in [-0.05, 0) is 19.8 Å². The molecule has 6 heteroatoms. The zero-order chi connectivity index (χ0) is 15.0. The van der Waals surface area contributed by atoms with E-state index in [0.717, 1.165) is 56.5 Å². The van der Waals surface area contributed by atoms with Crippen molar-refractivity contribution >= 4 is 17.5 Å². The number of nitrogens with zero attached hydrogens (tertiary/aromatic N) is 5. The van der Waals surface area contributed by atoms with E-state index in [9.17, 15) is 4.79 Å². The number of aryl methyl sites for hydroxylation is 1. The molecule has 1 aliphatic carbocycles. The summed E-state index contributed by atoms with van der Waals surface area (Å²) < 4.78 is 0. The second-order valence-corrected chi connectivity index (χ2v) is 6.11. The highest BCUT2D eigenvalue weighted by atomic mass is 16.2. The van der Waals surface area contributed by atoms with Crippen molar-refractivity contribution in [1.29, 1.82) is 0 Å². The third-order valence-electron chi connectivity index (χ3n) is 4.11. The van der Waals surface area contributed by atoms with Crippen molar-refractivity contribution in [3.63, 3.8) is 0 Å². The van der Waals surface area contributed by atoms with Crippen molar-refractivity contribution in [2.75, 3.05) is 50.1 Å². The molecular formula is C15H23N5O. The van der Waals surface area contributed by atoms with Gasteiger partial charge < -0.3 is 14.7 Å². The summed E-state index contributed by atoms with van der Waals surface area (Å²) in [7, 11) is 3.97. The largest absolute Gasteiger partial charge is 0.363 e. The molecule has 1 saturated heterocycles. The van der Waals surface area contributed by atoms with E-state index < -0.39 is 0 Å². The van der Waals surface area contributed by atoms with E-state index in [1.165, 1.54) is 0 Å². The molecule has 2 fully saturated rings. The van der Waals surface area contributed by atoms with E-state index >= 15 is 0 Å². The van der Waals surface area contributed by atoms with Crippen LogP contribution in [-0.2, 0) is 4.79 Å². The van der Waals surface area contributed by atoms with Gasteiger partial charge in [-0.25, -0.2) is 9.97 Å². The third-order valence-corrected chi connectivity index (χ3v) is 4.11. The smallest absolute Gasteiger partial charge is 0.225 e. The lowest BCUT2D eigenvalue weighted by Crippen LogP contribution is -2.49. The summed E-state index contributed by atoms with van der Waals surface area (Å²) in [4.78, 5) is 27.3. The first-order chi connectivity index (χ1) is 10.0. The summed E-state index contributed by atoms with van der Waals surface area (Å²) in [6.07, 6.45) is 2.16. The monoisotopic (exact) mass is 289 g/mol. The summed E-state index contributed by atoms with van der Waals surface area (Å²) >= 11 is 0. The van der Waals surface area contributed by atoms with Gasteiger partial charge in [0.15, 0.2) is 0 Å². The molecule has 1 amide bonds. The topological polar surface area (TPSA) is 52.6 Å². The zero-order valence-electron chi connectivity index (χ0n) is 13.0. The molecule has 6 nitrogen and oxygen atoms in total. The number of anilines is 2. The van der Waals surface area contributed by atoms with Crippen LogP contribution >= 0.6 is 0 Å². The molecule has 1 aromatic rings. The average molecular weight is 289 g/mol. The highest BCUT2D eigenvalue weighted by molar-refractivity contribution is 5.81. The number of carbonyl (C=O) groups excluding carboxylic acids is 1. The minimum atomic E-state index is 0.318. The molecule has 0 unspecified atom stereocenters. The van der Waals surface area contributed by atoms with Crippen molar-refractivity contribution in [2.24, 2.45) is 5.92 Å². The molecule has 1 saturated carbocycles. The predicted octanol–water partition coefficient (Wildman–Crippen LogP) is 0.910. The quantitative estimate of drug-likeness (QED) is 0.828. The first-order valence-electron chi connectivity index (χ1n) is 7.61. The van der Waals surface area contributed by atoms with Crippen LogP contribution in [0.25, 0.3) is 0 Å². The van der Waals surface area contributed by atoms with Crippen LogP contribution in [0, 0.1) is 12.8 Å². The van der Waals surface area contributed by atoms with Crippen molar-refractivity contribution in [3.05, 3.63) is 11.9 Å². The number of hydrogen-bond acceptors (Lipinski definition) is 5. The maximum Gasteiger partial charge on any atom is 0.225 e. The number of piperazine rings is 1. The zero-order valence-corrected chi connectivity index (χ0v) is 13.0. The maximum absolute atomic E-state index is 12.1. The summed E-state index contributed by atoms with van der Waals surface area (Å²) in [6.45, 7) is 5.22. The van der Waals surface area contributed by atoms with E-state index in [4.69, 9.17) is 0 Å². The fourth-order valence-corrected chi connectivity index (χ4v) is 2.67. The second kappa shape index (κ2) is 5.50. The van der Waals surface area contributed by atoms with Crippen molar-refractivity contribution in [2.45, 2.75) is 19.8 Å². The lowest BCUT2D eigenvalue weighted by atomic mass is 10.2. The average Bonchev–Trinajstić information content (AvgIpc) is 3.30. The Labute approximate surface area is 125 Å². The standard InChI is InChI=1S/C15H23N5O/c1-11-16-13(18(2)3)10-14(17-11)19-6-8-20(9-7-19)15(21)12-4-5-12/h10,12H,4-9H2,1-3H3. The lowest BCUT2D eigenvalue weighted by Gasteiger charge is -2.35. The minimum absolute atomic E-state index is 0.318. The second-order valence-electron chi connectivity index (χ2n) is 6.11. The van der Waals surface area contributed by atoms with Gasteiger partial charge in [-0.1, -0.05) is 0 Å². The number of aromatic nitrogens is 2.